The zero-order valence-corrected chi connectivity index (χ0v) is 25.2. The number of piperidine rings is 1. The number of carbonyl (C=O) groups is 1. The Morgan fingerprint density at radius 1 is 1.23 bits per heavy atom. The number of methoxy groups -OCH3 is 1. The number of rotatable bonds is 7. The highest BCUT2D eigenvalue weighted by atomic mass is 16.5. The van der Waals surface area contributed by atoms with Gasteiger partial charge in [0.2, 0.25) is 0 Å². The summed E-state index contributed by atoms with van der Waals surface area (Å²) in [5.41, 5.74) is 10.3. The van der Waals surface area contributed by atoms with Crippen molar-refractivity contribution in [2.75, 3.05) is 25.5 Å². The molecule has 0 amide bonds. The number of aliphatic hydroxyl groups excluding tert-OH is 2. The van der Waals surface area contributed by atoms with Gasteiger partial charge in [0.15, 0.2) is 0 Å². The summed E-state index contributed by atoms with van der Waals surface area (Å²) in [6.07, 6.45) is 11.6. The molecule has 3 rings (SSSR count). The number of ether oxygens (including phenoxy) is 1. The Kier molecular flexibility index (Phi) is 23.6. The molecule has 1 fully saturated rings. The molecule has 0 spiro atoms. The van der Waals surface area contributed by atoms with Crippen molar-refractivity contribution in [3.05, 3.63) is 84.0 Å². The monoisotopic (exact) mass is 543 g/mol. The van der Waals surface area contributed by atoms with E-state index in [9.17, 15) is 10.2 Å². The van der Waals surface area contributed by atoms with Crippen molar-refractivity contribution < 1.29 is 19.7 Å². The van der Waals surface area contributed by atoms with Gasteiger partial charge in [-0.15, -0.1) is 6.58 Å². The van der Waals surface area contributed by atoms with Gasteiger partial charge in [-0.1, -0.05) is 50.8 Å². The van der Waals surface area contributed by atoms with Crippen LogP contribution >= 0.6 is 0 Å². The van der Waals surface area contributed by atoms with Crippen LogP contribution in [0, 0.1) is 0 Å². The summed E-state index contributed by atoms with van der Waals surface area (Å²) >= 11 is 0. The highest BCUT2D eigenvalue weighted by molar-refractivity contribution is 5.58. The van der Waals surface area contributed by atoms with Gasteiger partial charge >= 0.3 is 0 Å². The van der Waals surface area contributed by atoms with Crippen LogP contribution in [0.1, 0.15) is 59.9 Å². The lowest BCUT2D eigenvalue weighted by Crippen LogP contribution is -2.35. The molecule has 39 heavy (non-hydrogen) atoms. The Balaban J connectivity index is 0. The van der Waals surface area contributed by atoms with Crippen molar-refractivity contribution in [3.63, 3.8) is 0 Å². The second kappa shape index (κ2) is 24.1. The SMILES string of the molecule is C=C/C=C\C1=C(C)C(C)=CC1O.C=CC(C)N.CC.CC=O.COc1cccc(NC2CCNCC2)c1CO. The zero-order chi connectivity index (χ0) is 30.2. The number of nitrogens with one attached hydrogen (secondary N) is 2. The summed E-state index contributed by atoms with van der Waals surface area (Å²) in [4.78, 5) is 8.81. The topological polar surface area (TPSA) is 117 Å². The predicted molar refractivity (Wildman–Crippen MR) is 167 cm³/mol. The molecule has 1 aliphatic heterocycles. The first-order chi connectivity index (χ1) is 18.7. The minimum Gasteiger partial charge on any atom is -0.496 e. The number of anilines is 1. The molecule has 7 heteroatoms. The fraction of sp³-hybridized carbons (Fsp3) is 0.469. The predicted octanol–water partition coefficient (Wildman–Crippen LogP) is 5.47. The highest BCUT2D eigenvalue weighted by Gasteiger charge is 2.17. The second-order valence-electron chi connectivity index (χ2n) is 8.61. The first kappa shape index (κ1) is 38.2. The average Bonchev–Trinajstić information content (AvgIpc) is 3.19. The quantitative estimate of drug-likeness (QED) is 0.176. The van der Waals surface area contributed by atoms with Gasteiger partial charge < -0.3 is 36.1 Å². The van der Waals surface area contributed by atoms with E-state index in [0.717, 1.165) is 60.4 Å². The molecule has 1 aromatic rings. The minimum atomic E-state index is -0.429. The van der Waals surface area contributed by atoms with E-state index in [4.69, 9.17) is 15.3 Å². The number of benzene rings is 1. The molecule has 0 aromatic heterocycles. The third-order valence-corrected chi connectivity index (χ3v) is 5.74. The lowest BCUT2D eigenvalue weighted by atomic mass is 10.0. The summed E-state index contributed by atoms with van der Waals surface area (Å²) < 4.78 is 5.25. The van der Waals surface area contributed by atoms with Crippen LogP contribution in [-0.4, -0.2) is 54.9 Å². The average molecular weight is 544 g/mol. The molecule has 0 saturated carbocycles. The van der Waals surface area contributed by atoms with Gasteiger partial charge in [-0.3, -0.25) is 0 Å². The Bertz CT molecular complexity index is 914. The van der Waals surface area contributed by atoms with Crippen molar-refractivity contribution in [1.29, 1.82) is 0 Å². The molecule has 1 heterocycles. The fourth-order valence-corrected chi connectivity index (χ4v) is 3.54. The summed E-state index contributed by atoms with van der Waals surface area (Å²) in [7, 11) is 1.63. The molecule has 220 valence electrons. The van der Waals surface area contributed by atoms with Gasteiger partial charge in [0, 0.05) is 23.3 Å². The van der Waals surface area contributed by atoms with E-state index in [1.54, 1.807) is 19.3 Å². The van der Waals surface area contributed by atoms with Crippen LogP contribution in [0.15, 0.2) is 78.5 Å². The standard InChI is InChI=1S/C13H20N2O2.C11H14O.C4H9N.C2H4O.C2H6/c1-17-13-4-2-3-12(11(13)9-16)15-10-5-7-14-8-6-10;1-4-5-6-10-9(3)8(2)7-11(10)12;1-3-4(2)5;1-2-3;1-2/h2-4,10,14-16H,5-9H2,1H3;4-7,11-12H,1H2,2-3H3;3-4H,1,5H2,2H3;2H,1H3;1-2H3/b;6-5-;;;. The molecule has 1 saturated heterocycles. The van der Waals surface area contributed by atoms with E-state index in [2.05, 4.69) is 23.8 Å². The van der Waals surface area contributed by atoms with Crippen molar-refractivity contribution in [2.45, 2.75) is 79.2 Å². The van der Waals surface area contributed by atoms with Crippen LogP contribution in [0.4, 0.5) is 5.69 Å². The fourth-order valence-electron chi connectivity index (χ4n) is 3.54. The number of allylic oxidation sites excluding steroid dienone is 4. The van der Waals surface area contributed by atoms with Crippen LogP contribution in [0.25, 0.3) is 0 Å². The minimum absolute atomic E-state index is 0.00266. The van der Waals surface area contributed by atoms with Gasteiger partial charge in [-0.05, 0) is 88.6 Å². The maximum atomic E-state index is 9.54. The third-order valence-electron chi connectivity index (χ3n) is 5.74. The Hall–Kier alpha value is -2.97. The van der Waals surface area contributed by atoms with E-state index >= 15 is 0 Å². The first-order valence-electron chi connectivity index (χ1n) is 13.6. The van der Waals surface area contributed by atoms with Gasteiger partial charge in [-0.2, -0.15) is 0 Å². The largest absolute Gasteiger partial charge is 0.496 e. The van der Waals surface area contributed by atoms with Gasteiger partial charge in [0.1, 0.15) is 12.0 Å². The lowest BCUT2D eigenvalue weighted by Gasteiger charge is -2.26. The van der Waals surface area contributed by atoms with E-state index in [1.807, 2.05) is 71.0 Å². The zero-order valence-electron chi connectivity index (χ0n) is 25.2. The number of hydrogen-bond donors (Lipinski definition) is 5. The molecule has 0 radical (unpaired) electrons. The van der Waals surface area contributed by atoms with Crippen LogP contribution in [0.2, 0.25) is 0 Å². The first-order valence-corrected chi connectivity index (χ1v) is 13.6. The lowest BCUT2D eigenvalue weighted by molar-refractivity contribution is -0.106. The number of carbonyl (C=O) groups excluding carboxylic acids is 1. The van der Waals surface area contributed by atoms with Crippen LogP contribution in [-0.2, 0) is 11.4 Å². The molecule has 1 aromatic carbocycles. The highest BCUT2D eigenvalue weighted by Crippen LogP contribution is 2.28. The number of aldehydes is 1. The maximum absolute atomic E-state index is 9.54. The normalized spacial score (nSPS) is 16.9. The Morgan fingerprint density at radius 2 is 1.79 bits per heavy atom. The van der Waals surface area contributed by atoms with Crippen molar-refractivity contribution >= 4 is 12.0 Å². The molecule has 2 unspecified atom stereocenters. The van der Waals surface area contributed by atoms with E-state index in [1.165, 1.54) is 12.5 Å². The Labute approximate surface area is 237 Å². The van der Waals surface area contributed by atoms with Crippen LogP contribution < -0.4 is 21.1 Å². The van der Waals surface area contributed by atoms with Crippen LogP contribution in [0.3, 0.4) is 0 Å². The van der Waals surface area contributed by atoms with Gasteiger partial charge in [-0.25, -0.2) is 0 Å². The second-order valence-corrected chi connectivity index (χ2v) is 8.61. The summed E-state index contributed by atoms with van der Waals surface area (Å²) in [6.45, 7) is 20.5. The van der Waals surface area contributed by atoms with Crippen molar-refractivity contribution in [2.24, 2.45) is 5.73 Å². The molecule has 0 bridgehead atoms. The van der Waals surface area contributed by atoms with Crippen molar-refractivity contribution in [3.8, 4) is 5.75 Å². The summed E-state index contributed by atoms with van der Waals surface area (Å²) in [5, 5.41) is 25.8. The number of nitrogens with two attached hydrogens (primary N) is 1. The van der Waals surface area contributed by atoms with E-state index in [0.29, 0.717) is 6.04 Å². The molecule has 2 atom stereocenters. The van der Waals surface area contributed by atoms with Gasteiger partial charge in [0.25, 0.3) is 0 Å². The molecular formula is C32H53N3O4. The molecule has 6 N–H and O–H groups in total. The number of hydrogen-bond acceptors (Lipinski definition) is 7. The maximum Gasteiger partial charge on any atom is 0.126 e. The molecule has 2 aliphatic rings. The summed E-state index contributed by atoms with van der Waals surface area (Å²) in [5.74, 6) is 0.742. The van der Waals surface area contributed by atoms with Gasteiger partial charge in [0.05, 0.1) is 19.8 Å². The molecular weight excluding hydrogens is 490 g/mol. The molecule has 7 nitrogen and oxygen atoms in total. The van der Waals surface area contributed by atoms with Crippen LogP contribution in [0.5, 0.6) is 5.75 Å². The van der Waals surface area contributed by atoms with E-state index < -0.39 is 6.10 Å². The smallest absolute Gasteiger partial charge is 0.126 e. The summed E-state index contributed by atoms with van der Waals surface area (Å²) in [6, 6.07) is 6.44. The van der Waals surface area contributed by atoms with Crippen molar-refractivity contribution in [1.82, 2.24) is 5.32 Å². The number of aliphatic hydroxyl groups is 2. The Morgan fingerprint density at radius 3 is 2.21 bits per heavy atom. The third kappa shape index (κ3) is 15.9. The molecule has 1 aliphatic carbocycles. The van der Waals surface area contributed by atoms with E-state index in [-0.39, 0.29) is 12.6 Å².